The number of sulfonamides is 1. The van der Waals surface area contributed by atoms with Crippen molar-refractivity contribution < 1.29 is 12.8 Å². The quantitative estimate of drug-likeness (QED) is 0.784. The average molecular weight is 349 g/mol. The van der Waals surface area contributed by atoms with Crippen molar-refractivity contribution in [2.45, 2.75) is 25.7 Å². The minimum absolute atomic E-state index is 0.246. The van der Waals surface area contributed by atoms with E-state index in [-0.39, 0.29) is 4.90 Å². The van der Waals surface area contributed by atoms with Crippen LogP contribution in [-0.4, -0.2) is 8.42 Å². The molecule has 1 heterocycles. The van der Waals surface area contributed by atoms with Crippen LogP contribution in [0.5, 0.6) is 0 Å². The van der Waals surface area contributed by atoms with Crippen molar-refractivity contribution in [3.63, 3.8) is 0 Å². The third kappa shape index (κ3) is 3.02. The zero-order valence-electron chi connectivity index (χ0n) is 12.8. The highest BCUT2D eigenvalue weighted by atomic mass is 32.2. The summed E-state index contributed by atoms with van der Waals surface area (Å²) in [7, 11) is -3.70. The maximum Gasteiger partial charge on any atom is 0.396 e. The van der Waals surface area contributed by atoms with Gasteiger partial charge in [0.1, 0.15) is 0 Å². The van der Waals surface area contributed by atoms with E-state index in [1.807, 2.05) is 13.0 Å². The number of hydrogen-bond donors (Lipinski definition) is 1. The van der Waals surface area contributed by atoms with Gasteiger partial charge in [0.2, 0.25) is 0 Å². The second kappa shape index (κ2) is 5.50. The van der Waals surface area contributed by atoms with Crippen LogP contribution in [0.25, 0.3) is 10.3 Å². The topological polar surface area (TPSA) is 76.4 Å². The molecule has 0 radical (unpaired) electrons. The van der Waals surface area contributed by atoms with Gasteiger partial charge in [-0.1, -0.05) is 23.5 Å². The molecule has 23 heavy (non-hydrogen) atoms. The maximum atomic E-state index is 12.6. The number of fused-ring (bicyclic) bond motifs is 1. The molecule has 0 aliphatic heterocycles. The summed E-state index contributed by atoms with van der Waals surface area (Å²) in [6.07, 6.45) is 0. The Bertz CT molecular complexity index is 1060. The summed E-state index contributed by atoms with van der Waals surface area (Å²) in [5, 5.41) is 0. The highest BCUT2D eigenvalue weighted by Gasteiger charge is 2.18. The van der Waals surface area contributed by atoms with E-state index in [9.17, 15) is 13.2 Å². The SMILES string of the molecule is Cc1ccc(C)c(S(=O)(=O)Nc2cc(C)c3oc(=O)sc3c2)c1. The summed E-state index contributed by atoms with van der Waals surface area (Å²) < 4.78 is 33.6. The van der Waals surface area contributed by atoms with Crippen LogP contribution in [0.15, 0.2) is 44.4 Å². The highest BCUT2D eigenvalue weighted by Crippen LogP contribution is 2.27. The molecule has 0 aliphatic rings. The van der Waals surface area contributed by atoms with E-state index in [4.69, 9.17) is 4.42 Å². The third-order valence-electron chi connectivity index (χ3n) is 3.50. The van der Waals surface area contributed by atoms with Gasteiger partial charge in [0.15, 0.2) is 5.58 Å². The molecule has 0 fully saturated rings. The fourth-order valence-corrected chi connectivity index (χ4v) is 4.56. The van der Waals surface area contributed by atoms with Crippen LogP contribution in [0.4, 0.5) is 5.69 Å². The Morgan fingerprint density at radius 2 is 1.78 bits per heavy atom. The van der Waals surface area contributed by atoms with E-state index in [1.165, 1.54) is 0 Å². The Morgan fingerprint density at radius 3 is 2.52 bits per heavy atom. The Hall–Kier alpha value is -2.12. The molecule has 0 saturated heterocycles. The molecule has 0 unspecified atom stereocenters. The molecule has 120 valence electrons. The monoisotopic (exact) mass is 349 g/mol. The molecule has 2 aromatic carbocycles. The standard InChI is InChI=1S/C16H15NO4S2/c1-9-4-5-10(2)14(6-9)23(19,20)17-12-7-11(3)15-13(8-12)22-16(18)21-15/h4-8,17H,1-3H3. The Balaban J connectivity index is 2.07. The summed E-state index contributed by atoms with van der Waals surface area (Å²) >= 11 is 0.951. The van der Waals surface area contributed by atoms with E-state index in [1.54, 1.807) is 38.1 Å². The first-order valence-electron chi connectivity index (χ1n) is 6.90. The molecule has 0 saturated carbocycles. The first-order chi connectivity index (χ1) is 10.8. The zero-order chi connectivity index (χ0) is 16.8. The van der Waals surface area contributed by atoms with Crippen molar-refractivity contribution >= 4 is 37.3 Å². The van der Waals surface area contributed by atoms with Crippen molar-refractivity contribution in [1.29, 1.82) is 0 Å². The van der Waals surface area contributed by atoms with E-state index < -0.39 is 15.0 Å². The van der Waals surface area contributed by atoms with Crippen LogP contribution in [0.2, 0.25) is 0 Å². The lowest BCUT2D eigenvalue weighted by Crippen LogP contribution is -2.14. The third-order valence-corrected chi connectivity index (χ3v) is 5.80. The normalized spacial score (nSPS) is 11.8. The number of benzene rings is 2. The Kier molecular flexibility index (Phi) is 3.77. The molecule has 1 N–H and O–H groups in total. The van der Waals surface area contributed by atoms with Gasteiger partial charge < -0.3 is 4.42 Å². The highest BCUT2D eigenvalue weighted by molar-refractivity contribution is 7.92. The van der Waals surface area contributed by atoms with Gasteiger partial charge in [0, 0.05) is 0 Å². The number of anilines is 1. The largest absolute Gasteiger partial charge is 0.414 e. The van der Waals surface area contributed by atoms with Crippen molar-refractivity contribution in [3.05, 3.63) is 56.8 Å². The van der Waals surface area contributed by atoms with Gasteiger partial charge in [0.05, 0.1) is 15.3 Å². The number of hydrogen-bond acceptors (Lipinski definition) is 5. The van der Waals surface area contributed by atoms with E-state index >= 15 is 0 Å². The average Bonchev–Trinajstić information content (AvgIpc) is 2.82. The van der Waals surface area contributed by atoms with Crippen LogP contribution in [0.1, 0.15) is 16.7 Å². The maximum absolute atomic E-state index is 12.6. The Morgan fingerprint density at radius 1 is 1.04 bits per heavy atom. The van der Waals surface area contributed by atoms with E-state index in [2.05, 4.69) is 4.72 Å². The van der Waals surface area contributed by atoms with Crippen LogP contribution < -0.4 is 9.66 Å². The number of nitrogens with one attached hydrogen (secondary N) is 1. The van der Waals surface area contributed by atoms with Crippen molar-refractivity contribution in [2.75, 3.05) is 4.72 Å². The fraction of sp³-hybridized carbons (Fsp3) is 0.188. The van der Waals surface area contributed by atoms with Crippen molar-refractivity contribution in [3.8, 4) is 0 Å². The molecule has 3 aromatic rings. The predicted octanol–water partition coefficient (Wildman–Crippen LogP) is 3.58. The van der Waals surface area contributed by atoms with Gasteiger partial charge in [-0.15, -0.1) is 0 Å². The predicted molar refractivity (Wildman–Crippen MR) is 91.8 cm³/mol. The molecule has 0 atom stereocenters. The second-order valence-electron chi connectivity index (χ2n) is 5.45. The van der Waals surface area contributed by atoms with Gasteiger partial charge in [-0.25, -0.2) is 13.2 Å². The molecule has 0 bridgehead atoms. The Labute approximate surface area is 137 Å². The molecule has 0 aliphatic carbocycles. The minimum atomic E-state index is -3.70. The molecule has 3 rings (SSSR count). The van der Waals surface area contributed by atoms with Gasteiger partial charge in [-0.3, -0.25) is 4.72 Å². The summed E-state index contributed by atoms with van der Waals surface area (Å²) in [6, 6.07) is 8.55. The van der Waals surface area contributed by atoms with Gasteiger partial charge in [-0.05, 0) is 55.7 Å². The van der Waals surface area contributed by atoms with Crippen molar-refractivity contribution in [2.24, 2.45) is 0 Å². The molecule has 0 spiro atoms. The molecular formula is C16H15NO4S2. The van der Waals surface area contributed by atoms with Crippen LogP contribution in [-0.2, 0) is 10.0 Å². The molecule has 7 heteroatoms. The molecule has 5 nitrogen and oxygen atoms in total. The zero-order valence-corrected chi connectivity index (χ0v) is 14.5. The van der Waals surface area contributed by atoms with Crippen molar-refractivity contribution in [1.82, 2.24) is 0 Å². The summed E-state index contributed by atoms with van der Waals surface area (Å²) in [6.45, 7) is 5.37. The molecule has 0 amide bonds. The minimum Gasteiger partial charge on any atom is -0.414 e. The molecule has 1 aromatic heterocycles. The van der Waals surface area contributed by atoms with Gasteiger partial charge in [-0.2, -0.15) is 0 Å². The summed E-state index contributed by atoms with van der Waals surface area (Å²) in [5.74, 6) is 0. The lowest BCUT2D eigenvalue weighted by atomic mass is 10.2. The summed E-state index contributed by atoms with van der Waals surface area (Å²) in [4.78, 5) is 11.2. The van der Waals surface area contributed by atoms with Crippen LogP contribution in [0, 0.1) is 20.8 Å². The smallest absolute Gasteiger partial charge is 0.396 e. The fourth-order valence-electron chi connectivity index (χ4n) is 2.41. The number of aryl methyl sites for hydroxylation is 3. The molecular weight excluding hydrogens is 334 g/mol. The van der Waals surface area contributed by atoms with E-state index in [0.717, 1.165) is 16.9 Å². The number of rotatable bonds is 3. The lowest BCUT2D eigenvalue weighted by Gasteiger charge is -2.11. The van der Waals surface area contributed by atoms with Gasteiger partial charge in [0.25, 0.3) is 10.0 Å². The van der Waals surface area contributed by atoms with E-state index in [0.29, 0.717) is 27.1 Å². The summed E-state index contributed by atoms with van der Waals surface area (Å²) in [5.41, 5.74) is 3.16. The van der Waals surface area contributed by atoms with Gasteiger partial charge >= 0.3 is 4.94 Å². The van der Waals surface area contributed by atoms with Crippen LogP contribution in [0.3, 0.4) is 0 Å². The first-order valence-corrected chi connectivity index (χ1v) is 9.20. The lowest BCUT2D eigenvalue weighted by molar-refractivity contribution is 0.583. The van der Waals surface area contributed by atoms with Crippen LogP contribution >= 0.6 is 11.3 Å². The second-order valence-corrected chi connectivity index (χ2v) is 8.08. The first kappa shape index (κ1) is 15.8.